The van der Waals surface area contributed by atoms with Crippen LogP contribution in [-0.2, 0) is 4.79 Å². The van der Waals surface area contributed by atoms with Crippen LogP contribution in [0.25, 0.3) is 0 Å². The van der Waals surface area contributed by atoms with Gasteiger partial charge in [-0.3, -0.25) is 9.59 Å². The van der Waals surface area contributed by atoms with Crippen LogP contribution in [0.15, 0.2) is 36.4 Å². The minimum absolute atomic E-state index is 0.000807. The van der Waals surface area contributed by atoms with Gasteiger partial charge in [-0.05, 0) is 30.3 Å². The number of amides is 2. The Morgan fingerprint density at radius 1 is 1.04 bits per heavy atom. The van der Waals surface area contributed by atoms with Gasteiger partial charge in [-0.1, -0.05) is 0 Å². The average Bonchev–Trinajstić information content (AvgIpc) is 3.03. The first-order valence-electron chi connectivity index (χ1n) is 8.47. The molecular formula is C19H16F2N2O4. The van der Waals surface area contributed by atoms with E-state index in [4.69, 9.17) is 9.47 Å². The zero-order valence-corrected chi connectivity index (χ0v) is 14.2. The molecule has 1 fully saturated rings. The summed E-state index contributed by atoms with van der Waals surface area (Å²) >= 11 is 0. The molecule has 2 aliphatic heterocycles. The van der Waals surface area contributed by atoms with Gasteiger partial charge in [-0.15, -0.1) is 0 Å². The zero-order chi connectivity index (χ0) is 19.0. The van der Waals surface area contributed by atoms with Gasteiger partial charge in [0.15, 0.2) is 23.1 Å². The van der Waals surface area contributed by atoms with Gasteiger partial charge >= 0.3 is 0 Å². The maximum absolute atomic E-state index is 13.3. The average molecular weight is 374 g/mol. The van der Waals surface area contributed by atoms with Gasteiger partial charge in [0.05, 0.1) is 6.04 Å². The number of benzene rings is 2. The van der Waals surface area contributed by atoms with Crippen molar-refractivity contribution >= 4 is 17.5 Å². The lowest BCUT2D eigenvalue weighted by molar-refractivity contribution is -0.117. The normalized spacial score (nSPS) is 18.5. The van der Waals surface area contributed by atoms with Crippen LogP contribution in [0, 0.1) is 11.6 Å². The highest BCUT2D eigenvalue weighted by Crippen LogP contribution is 2.35. The number of fused-ring (bicyclic) bond motifs is 1. The molecule has 2 aromatic rings. The second-order valence-electron chi connectivity index (χ2n) is 6.34. The summed E-state index contributed by atoms with van der Waals surface area (Å²) in [6, 6.07) is 7.71. The van der Waals surface area contributed by atoms with Crippen molar-refractivity contribution in [2.45, 2.75) is 12.5 Å². The molecule has 0 aliphatic carbocycles. The van der Waals surface area contributed by atoms with Crippen LogP contribution in [0.3, 0.4) is 0 Å². The van der Waals surface area contributed by atoms with E-state index in [2.05, 4.69) is 5.32 Å². The molecule has 1 N–H and O–H groups in total. The van der Waals surface area contributed by atoms with E-state index in [1.165, 1.54) is 6.07 Å². The van der Waals surface area contributed by atoms with Gasteiger partial charge < -0.3 is 19.7 Å². The standard InChI is InChI=1S/C19H16F2N2O4/c20-14-3-1-11(7-15(14)21)19(25)22-12-8-18(24)23(10-12)13-2-4-16-17(9-13)27-6-5-26-16/h1-4,7,9,12H,5-6,8,10H2,(H,22,25)/t12-/m0/s1. The van der Waals surface area contributed by atoms with Crippen LogP contribution >= 0.6 is 0 Å². The van der Waals surface area contributed by atoms with Gasteiger partial charge in [0.1, 0.15) is 13.2 Å². The van der Waals surface area contributed by atoms with Crippen molar-refractivity contribution in [1.29, 1.82) is 0 Å². The minimum atomic E-state index is -1.09. The predicted molar refractivity (Wildman–Crippen MR) is 92.0 cm³/mol. The Balaban J connectivity index is 1.46. The summed E-state index contributed by atoms with van der Waals surface area (Å²) < 4.78 is 37.3. The number of hydrogen-bond donors (Lipinski definition) is 1. The number of ether oxygens (including phenoxy) is 2. The largest absolute Gasteiger partial charge is 0.486 e. The molecule has 0 radical (unpaired) electrons. The molecule has 1 saturated heterocycles. The monoisotopic (exact) mass is 374 g/mol. The summed E-state index contributed by atoms with van der Waals surface area (Å²) in [5.74, 6) is -1.63. The van der Waals surface area contributed by atoms with Gasteiger partial charge in [0, 0.05) is 30.3 Å². The lowest BCUT2D eigenvalue weighted by Gasteiger charge is -2.22. The Labute approximate surface area is 153 Å². The highest BCUT2D eigenvalue weighted by atomic mass is 19.2. The molecule has 2 aliphatic rings. The summed E-state index contributed by atoms with van der Waals surface area (Å²) in [6.45, 7) is 1.19. The first kappa shape index (κ1) is 17.3. The van der Waals surface area contributed by atoms with Crippen LogP contribution < -0.4 is 19.7 Å². The van der Waals surface area contributed by atoms with Crippen molar-refractivity contribution in [2.75, 3.05) is 24.7 Å². The number of anilines is 1. The second-order valence-corrected chi connectivity index (χ2v) is 6.34. The fraction of sp³-hybridized carbons (Fsp3) is 0.263. The quantitative estimate of drug-likeness (QED) is 0.895. The Morgan fingerprint density at radius 3 is 2.59 bits per heavy atom. The maximum Gasteiger partial charge on any atom is 0.251 e. The number of halogens is 2. The number of nitrogens with zero attached hydrogens (tertiary/aromatic N) is 1. The Morgan fingerprint density at radius 2 is 1.81 bits per heavy atom. The molecule has 0 saturated carbocycles. The van der Waals surface area contributed by atoms with E-state index in [1.54, 1.807) is 23.1 Å². The van der Waals surface area contributed by atoms with Crippen LogP contribution in [0.4, 0.5) is 14.5 Å². The third-order valence-electron chi connectivity index (χ3n) is 4.48. The van der Waals surface area contributed by atoms with Crippen molar-refractivity contribution in [1.82, 2.24) is 5.32 Å². The Bertz CT molecular complexity index is 919. The Hall–Kier alpha value is -3.16. The summed E-state index contributed by atoms with van der Waals surface area (Å²) in [5.41, 5.74) is 0.646. The molecule has 6 nitrogen and oxygen atoms in total. The van der Waals surface area contributed by atoms with E-state index in [9.17, 15) is 18.4 Å². The van der Waals surface area contributed by atoms with Crippen LogP contribution in [0.2, 0.25) is 0 Å². The molecule has 0 unspecified atom stereocenters. The van der Waals surface area contributed by atoms with E-state index >= 15 is 0 Å². The number of rotatable bonds is 3. The number of carbonyl (C=O) groups is 2. The van der Waals surface area contributed by atoms with E-state index in [0.29, 0.717) is 30.4 Å². The molecule has 4 rings (SSSR count). The number of nitrogens with one attached hydrogen (secondary N) is 1. The maximum atomic E-state index is 13.3. The van der Waals surface area contributed by atoms with Crippen molar-refractivity contribution in [2.24, 2.45) is 0 Å². The summed E-state index contributed by atoms with van der Waals surface area (Å²) in [4.78, 5) is 26.2. The molecule has 8 heteroatoms. The molecule has 0 aromatic heterocycles. The predicted octanol–water partition coefficient (Wildman–Crippen LogP) is 2.27. The van der Waals surface area contributed by atoms with Crippen LogP contribution in [-0.4, -0.2) is 37.6 Å². The molecule has 0 spiro atoms. The second kappa shape index (κ2) is 6.86. The van der Waals surface area contributed by atoms with E-state index in [-0.39, 0.29) is 24.4 Å². The topological polar surface area (TPSA) is 67.9 Å². The zero-order valence-electron chi connectivity index (χ0n) is 14.2. The minimum Gasteiger partial charge on any atom is -0.486 e. The fourth-order valence-corrected chi connectivity index (χ4v) is 3.16. The molecule has 0 bridgehead atoms. The van der Waals surface area contributed by atoms with Gasteiger partial charge in [0.2, 0.25) is 5.91 Å². The molecule has 2 heterocycles. The Kier molecular flexibility index (Phi) is 4.39. The highest BCUT2D eigenvalue weighted by Gasteiger charge is 2.32. The first-order valence-corrected chi connectivity index (χ1v) is 8.47. The number of hydrogen-bond acceptors (Lipinski definition) is 4. The summed E-state index contributed by atoms with van der Waals surface area (Å²) in [6.07, 6.45) is 0.115. The highest BCUT2D eigenvalue weighted by molar-refractivity contribution is 5.99. The van der Waals surface area contributed by atoms with Gasteiger partial charge in [-0.2, -0.15) is 0 Å². The van der Waals surface area contributed by atoms with E-state index < -0.39 is 23.6 Å². The molecule has 140 valence electrons. The van der Waals surface area contributed by atoms with Crippen LogP contribution in [0.1, 0.15) is 16.8 Å². The van der Waals surface area contributed by atoms with Gasteiger partial charge in [0.25, 0.3) is 5.91 Å². The summed E-state index contributed by atoms with van der Waals surface area (Å²) in [7, 11) is 0. The van der Waals surface area contributed by atoms with Crippen molar-refractivity contribution in [3.63, 3.8) is 0 Å². The lowest BCUT2D eigenvalue weighted by Crippen LogP contribution is -2.37. The third kappa shape index (κ3) is 3.42. The van der Waals surface area contributed by atoms with E-state index in [0.717, 1.165) is 12.1 Å². The molecule has 1 atom stereocenters. The third-order valence-corrected chi connectivity index (χ3v) is 4.48. The lowest BCUT2D eigenvalue weighted by atomic mass is 10.1. The van der Waals surface area contributed by atoms with E-state index in [1.807, 2.05) is 0 Å². The van der Waals surface area contributed by atoms with Crippen LogP contribution in [0.5, 0.6) is 11.5 Å². The fourth-order valence-electron chi connectivity index (χ4n) is 3.16. The van der Waals surface area contributed by atoms with Crippen molar-refractivity contribution in [3.05, 3.63) is 53.6 Å². The number of carbonyl (C=O) groups excluding carboxylic acids is 2. The smallest absolute Gasteiger partial charge is 0.251 e. The molecule has 27 heavy (non-hydrogen) atoms. The SMILES string of the molecule is O=C(N[C@H]1CC(=O)N(c2ccc3c(c2)OCCO3)C1)c1ccc(F)c(F)c1. The molecule has 2 amide bonds. The first-order chi connectivity index (χ1) is 13.0. The molecular weight excluding hydrogens is 358 g/mol. The van der Waals surface area contributed by atoms with Crippen molar-refractivity contribution in [3.8, 4) is 11.5 Å². The van der Waals surface area contributed by atoms with Gasteiger partial charge in [-0.25, -0.2) is 8.78 Å². The van der Waals surface area contributed by atoms with Crippen molar-refractivity contribution < 1.29 is 27.8 Å². The molecule has 2 aromatic carbocycles. The summed E-state index contributed by atoms with van der Waals surface area (Å²) in [5, 5.41) is 2.69.